The minimum absolute atomic E-state index is 0.123. The van der Waals surface area contributed by atoms with Crippen molar-refractivity contribution in [1.82, 2.24) is 14.5 Å². The van der Waals surface area contributed by atoms with E-state index in [0.717, 1.165) is 24.1 Å². The number of carbonyl (C=O) groups is 1. The quantitative estimate of drug-likeness (QED) is 0.769. The summed E-state index contributed by atoms with van der Waals surface area (Å²) in [5.74, 6) is -0.263. The van der Waals surface area contributed by atoms with Gasteiger partial charge in [-0.05, 0) is 61.6 Å². The number of sulfonamides is 1. The summed E-state index contributed by atoms with van der Waals surface area (Å²) in [6, 6.07) is 16.1. The molecule has 0 aromatic heterocycles. The van der Waals surface area contributed by atoms with Gasteiger partial charge in [0.1, 0.15) is 0 Å². The number of nitrogens with one attached hydrogen (secondary N) is 1. The van der Waals surface area contributed by atoms with Gasteiger partial charge in [-0.3, -0.25) is 4.79 Å². The number of hydrogen-bond acceptors (Lipinski definition) is 4. The molecule has 2 aromatic carbocycles. The van der Waals surface area contributed by atoms with Gasteiger partial charge in [-0.1, -0.05) is 36.4 Å². The molecule has 2 aromatic rings. The molecule has 2 aliphatic heterocycles. The Morgan fingerprint density at radius 2 is 1.67 bits per heavy atom. The van der Waals surface area contributed by atoms with Gasteiger partial charge in [0.25, 0.3) is 0 Å². The highest BCUT2D eigenvalue weighted by Crippen LogP contribution is 2.24. The first-order valence-electron chi connectivity index (χ1n) is 10.6. The van der Waals surface area contributed by atoms with Crippen LogP contribution in [0.2, 0.25) is 0 Å². The summed E-state index contributed by atoms with van der Waals surface area (Å²) >= 11 is 0. The van der Waals surface area contributed by atoms with Crippen molar-refractivity contribution in [3.05, 3.63) is 54.1 Å². The molecule has 0 aliphatic carbocycles. The molecule has 2 heterocycles. The fourth-order valence-corrected chi connectivity index (χ4v) is 5.65. The van der Waals surface area contributed by atoms with Gasteiger partial charge in [-0.25, -0.2) is 8.42 Å². The van der Waals surface area contributed by atoms with E-state index in [2.05, 4.69) is 41.4 Å². The minimum Gasteiger partial charge on any atom is -0.354 e. The van der Waals surface area contributed by atoms with Crippen molar-refractivity contribution in [2.75, 3.05) is 32.7 Å². The topological polar surface area (TPSA) is 69.7 Å². The molecular formula is C23H29N3O3S. The summed E-state index contributed by atoms with van der Waals surface area (Å²) in [7, 11) is -3.65. The number of hydrogen-bond donors (Lipinski definition) is 1. The van der Waals surface area contributed by atoms with Gasteiger partial charge in [0, 0.05) is 25.7 Å². The second kappa shape index (κ2) is 8.88. The molecule has 30 heavy (non-hydrogen) atoms. The van der Waals surface area contributed by atoms with Crippen LogP contribution in [0.4, 0.5) is 0 Å². The Bertz CT molecular complexity index is 987. The van der Waals surface area contributed by atoms with Gasteiger partial charge < -0.3 is 10.2 Å². The largest absolute Gasteiger partial charge is 0.354 e. The monoisotopic (exact) mass is 427 g/mol. The summed E-state index contributed by atoms with van der Waals surface area (Å²) in [6.07, 6.45) is 3.65. The van der Waals surface area contributed by atoms with E-state index < -0.39 is 10.0 Å². The minimum atomic E-state index is -3.65. The third-order valence-electron chi connectivity index (χ3n) is 6.16. The number of piperazine rings is 1. The lowest BCUT2D eigenvalue weighted by atomic mass is 10.0. The molecule has 0 bridgehead atoms. The van der Waals surface area contributed by atoms with Crippen LogP contribution in [0.3, 0.4) is 0 Å². The normalized spacial score (nSPS) is 21.0. The Morgan fingerprint density at radius 3 is 2.27 bits per heavy atom. The van der Waals surface area contributed by atoms with Crippen LogP contribution in [0, 0.1) is 0 Å². The lowest BCUT2D eigenvalue weighted by molar-refractivity contribution is -0.122. The smallest absolute Gasteiger partial charge is 0.243 e. The van der Waals surface area contributed by atoms with Crippen LogP contribution >= 0.6 is 0 Å². The second-order valence-corrected chi connectivity index (χ2v) is 10.1. The van der Waals surface area contributed by atoms with Gasteiger partial charge in [0.2, 0.25) is 15.9 Å². The van der Waals surface area contributed by atoms with E-state index in [1.807, 2.05) is 12.1 Å². The first kappa shape index (κ1) is 21.0. The molecule has 2 fully saturated rings. The Labute approximate surface area is 178 Å². The van der Waals surface area contributed by atoms with E-state index in [-0.39, 0.29) is 17.3 Å². The van der Waals surface area contributed by atoms with E-state index >= 15 is 0 Å². The van der Waals surface area contributed by atoms with Crippen LogP contribution in [0.25, 0.3) is 11.1 Å². The Balaban J connectivity index is 1.41. The van der Waals surface area contributed by atoms with Crippen LogP contribution in [-0.2, 0) is 21.2 Å². The van der Waals surface area contributed by atoms with E-state index in [1.165, 1.54) is 29.3 Å². The van der Waals surface area contributed by atoms with Crippen LogP contribution in [-0.4, -0.2) is 62.3 Å². The highest BCUT2D eigenvalue weighted by atomic mass is 32.2. The molecule has 1 amide bonds. The third-order valence-corrected chi connectivity index (χ3v) is 8.02. The van der Waals surface area contributed by atoms with Gasteiger partial charge in [0.15, 0.2) is 0 Å². The first-order chi connectivity index (χ1) is 14.4. The third kappa shape index (κ3) is 4.58. The summed E-state index contributed by atoms with van der Waals surface area (Å²) in [4.78, 5) is 14.3. The molecule has 1 atom stereocenters. The fourth-order valence-electron chi connectivity index (χ4n) is 4.25. The standard InChI is InChI=1S/C23H29N3O3S/c1-18-3-2-14-25(18)15-12-19-4-6-20(7-5-19)21-8-10-22(11-9-21)30(28,29)26-16-13-24-23(27)17-26/h4-11,18H,2-3,12-17H2,1H3,(H,24,27)/t18-/m1/s1. The predicted octanol–water partition coefficient (Wildman–Crippen LogP) is 2.50. The van der Waals surface area contributed by atoms with Gasteiger partial charge in [0.05, 0.1) is 11.4 Å². The van der Waals surface area contributed by atoms with Gasteiger partial charge in [-0.2, -0.15) is 4.31 Å². The SMILES string of the molecule is C[C@@H]1CCCN1CCc1ccc(-c2ccc(S(=O)(=O)N3CCNC(=O)C3)cc2)cc1. The molecule has 0 radical (unpaired) electrons. The Morgan fingerprint density at radius 1 is 1.00 bits per heavy atom. The zero-order chi connectivity index (χ0) is 21.1. The number of benzene rings is 2. The van der Waals surface area contributed by atoms with Gasteiger partial charge in [-0.15, -0.1) is 0 Å². The molecule has 6 nitrogen and oxygen atoms in total. The zero-order valence-corrected chi connectivity index (χ0v) is 18.2. The molecule has 7 heteroatoms. The number of carbonyl (C=O) groups excluding carboxylic acids is 1. The van der Waals surface area contributed by atoms with Crippen LogP contribution in [0.5, 0.6) is 0 Å². The fraction of sp³-hybridized carbons (Fsp3) is 0.435. The molecule has 0 unspecified atom stereocenters. The van der Waals surface area contributed by atoms with Crippen molar-refractivity contribution in [3.63, 3.8) is 0 Å². The lowest BCUT2D eigenvalue weighted by Gasteiger charge is -2.25. The van der Waals surface area contributed by atoms with E-state index in [4.69, 9.17) is 0 Å². The highest BCUT2D eigenvalue weighted by Gasteiger charge is 2.29. The number of likely N-dealkylation sites (tertiary alicyclic amines) is 1. The molecular weight excluding hydrogens is 398 g/mol. The van der Waals surface area contributed by atoms with Crippen molar-refractivity contribution in [1.29, 1.82) is 0 Å². The van der Waals surface area contributed by atoms with Crippen molar-refractivity contribution < 1.29 is 13.2 Å². The lowest BCUT2D eigenvalue weighted by Crippen LogP contribution is -2.49. The maximum atomic E-state index is 12.8. The van der Waals surface area contributed by atoms with Gasteiger partial charge >= 0.3 is 0 Å². The molecule has 2 saturated heterocycles. The van der Waals surface area contributed by atoms with E-state index in [1.54, 1.807) is 12.1 Å². The summed E-state index contributed by atoms with van der Waals surface area (Å²) in [5, 5.41) is 2.65. The maximum absolute atomic E-state index is 12.8. The average molecular weight is 428 g/mol. The van der Waals surface area contributed by atoms with E-state index in [9.17, 15) is 13.2 Å². The molecule has 4 rings (SSSR count). The maximum Gasteiger partial charge on any atom is 0.243 e. The second-order valence-electron chi connectivity index (χ2n) is 8.19. The molecule has 1 N–H and O–H groups in total. The molecule has 0 spiro atoms. The van der Waals surface area contributed by atoms with Crippen molar-refractivity contribution >= 4 is 15.9 Å². The summed E-state index contributed by atoms with van der Waals surface area (Å²) < 4.78 is 26.8. The summed E-state index contributed by atoms with van der Waals surface area (Å²) in [6.45, 7) is 5.13. The Hall–Kier alpha value is -2.22. The molecule has 0 saturated carbocycles. The Kier molecular flexibility index (Phi) is 6.22. The number of nitrogens with zero attached hydrogens (tertiary/aromatic N) is 2. The van der Waals surface area contributed by atoms with E-state index in [0.29, 0.717) is 19.1 Å². The summed E-state index contributed by atoms with van der Waals surface area (Å²) in [5.41, 5.74) is 3.36. The number of amides is 1. The first-order valence-corrected chi connectivity index (χ1v) is 12.1. The van der Waals surface area contributed by atoms with Crippen LogP contribution in [0.1, 0.15) is 25.3 Å². The molecule has 160 valence electrons. The number of rotatable bonds is 6. The van der Waals surface area contributed by atoms with Crippen molar-refractivity contribution in [3.8, 4) is 11.1 Å². The van der Waals surface area contributed by atoms with Crippen molar-refractivity contribution in [2.24, 2.45) is 0 Å². The van der Waals surface area contributed by atoms with Crippen molar-refractivity contribution in [2.45, 2.75) is 37.1 Å². The van der Waals surface area contributed by atoms with Crippen LogP contribution < -0.4 is 5.32 Å². The average Bonchev–Trinajstić information content (AvgIpc) is 3.17. The highest BCUT2D eigenvalue weighted by molar-refractivity contribution is 7.89. The molecule has 2 aliphatic rings. The predicted molar refractivity (Wildman–Crippen MR) is 118 cm³/mol. The zero-order valence-electron chi connectivity index (χ0n) is 17.4. The van der Waals surface area contributed by atoms with Crippen LogP contribution in [0.15, 0.2) is 53.4 Å².